The van der Waals surface area contributed by atoms with E-state index >= 15 is 0 Å². The molecule has 2 N–H and O–H groups in total. The molecule has 0 radical (unpaired) electrons. The molecule has 0 aliphatic heterocycles. The summed E-state index contributed by atoms with van der Waals surface area (Å²) in [4.78, 5) is 22.2. The van der Waals surface area contributed by atoms with E-state index in [9.17, 15) is 14.0 Å². The predicted octanol–water partition coefficient (Wildman–Crippen LogP) is 2.99. The van der Waals surface area contributed by atoms with Crippen molar-refractivity contribution in [3.8, 4) is 11.5 Å². The molecule has 1 amide bonds. The maximum atomic E-state index is 13.6. The number of aliphatic carboxylic acids is 1. The third-order valence-corrected chi connectivity index (χ3v) is 3.10. The van der Waals surface area contributed by atoms with E-state index in [0.29, 0.717) is 5.75 Å². The maximum Gasteiger partial charge on any atom is 0.322 e. The lowest BCUT2D eigenvalue weighted by atomic mass is 10.1. The largest absolute Gasteiger partial charge is 0.480 e. The van der Waals surface area contributed by atoms with Crippen LogP contribution in [-0.2, 0) is 11.2 Å². The van der Waals surface area contributed by atoms with E-state index in [-0.39, 0.29) is 11.3 Å². The van der Waals surface area contributed by atoms with Crippen LogP contribution in [0.1, 0.15) is 22.8 Å². The first-order valence-electron chi connectivity index (χ1n) is 7.05. The van der Waals surface area contributed by atoms with Crippen LogP contribution in [0, 0.1) is 5.82 Å². The highest BCUT2D eigenvalue weighted by Gasteiger charge is 2.11. The van der Waals surface area contributed by atoms with Gasteiger partial charge in [-0.2, -0.15) is 0 Å². The highest BCUT2D eigenvalue weighted by Crippen LogP contribution is 2.24. The van der Waals surface area contributed by atoms with Gasteiger partial charge in [-0.25, -0.2) is 4.39 Å². The molecule has 6 heteroatoms. The standard InChI is InChI=1S/C17H16FNO4/c1-2-11-3-5-14(6-4-11)23-15-8-12(7-13(18)9-15)17(22)19-10-16(20)21/h3-9H,2,10H2,1H3,(H,19,22)(H,20,21). The highest BCUT2D eigenvalue weighted by atomic mass is 19.1. The Labute approximate surface area is 132 Å². The summed E-state index contributed by atoms with van der Waals surface area (Å²) >= 11 is 0. The normalized spacial score (nSPS) is 10.2. The predicted molar refractivity (Wildman–Crippen MR) is 82.3 cm³/mol. The Bertz CT molecular complexity index is 713. The molecule has 120 valence electrons. The van der Waals surface area contributed by atoms with Crippen molar-refractivity contribution in [3.05, 3.63) is 59.4 Å². The van der Waals surface area contributed by atoms with Crippen molar-refractivity contribution >= 4 is 11.9 Å². The van der Waals surface area contributed by atoms with Crippen LogP contribution in [0.25, 0.3) is 0 Å². The second kappa shape index (κ2) is 7.40. The fraction of sp³-hybridized carbons (Fsp3) is 0.176. The van der Waals surface area contributed by atoms with Crippen molar-refractivity contribution in [1.82, 2.24) is 5.32 Å². The van der Waals surface area contributed by atoms with E-state index in [0.717, 1.165) is 24.1 Å². The number of hydrogen-bond acceptors (Lipinski definition) is 3. The van der Waals surface area contributed by atoms with Gasteiger partial charge in [0, 0.05) is 11.6 Å². The van der Waals surface area contributed by atoms with E-state index < -0.39 is 24.2 Å². The van der Waals surface area contributed by atoms with Crippen molar-refractivity contribution in [3.63, 3.8) is 0 Å². The number of nitrogens with one attached hydrogen (secondary N) is 1. The first-order chi connectivity index (χ1) is 11.0. The van der Waals surface area contributed by atoms with Crippen LogP contribution < -0.4 is 10.1 Å². The van der Waals surface area contributed by atoms with Gasteiger partial charge in [-0.3, -0.25) is 9.59 Å². The van der Waals surface area contributed by atoms with Crippen molar-refractivity contribution in [2.75, 3.05) is 6.54 Å². The first kappa shape index (κ1) is 16.5. The molecule has 0 atom stereocenters. The molecule has 0 aliphatic carbocycles. The number of carboxylic acids is 1. The quantitative estimate of drug-likeness (QED) is 0.859. The average molecular weight is 317 g/mol. The van der Waals surface area contributed by atoms with Crippen LogP contribution in [0.3, 0.4) is 0 Å². The second-order valence-corrected chi connectivity index (χ2v) is 4.85. The van der Waals surface area contributed by atoms with Crippen LogP contribution in [0.2, 0.25) is 0 Å². The molecular weight excluding hydrogens is 301 g/mol. The molecule has 0 spiro atoms. The summed E-state index contributed by atoms with van der Waals surface area (Å²) in [5, 5.41) is 10.7. The zero-order chi connectivity index (χ0) is 16.8. The van der Waals surface area contributed by atoms with Gasteiger partial charge in [-0.1, -0.05) is 19.1 Å². The number of carboxylic acid groups (broad SMARTS) is 1. The van der Waals surface area contributed by atoms with Gasteiger partial charge in [0.05, 0.1) is 0 Å². The molecule has 0 heterocycles. The number of ether oxygens (including phenoxy) is 1. The number of carbonyl (C=O) groups is 2. The summed E-state index contributed by atoms with van der Waals surface area (Å²) in [7, 11) is 0. The number of carbonyl (C=O) groups excluding carboxylic acids is 1. The lowest BCUT2D eigenvalue weighted by Crippen LogP contribution is -2.29. The first-order valence-corrected chi connectivity index (χ1v) is 7.05. The molecule has 0 aromatic heterocycles. The summed E-state index contributed by atoms with van der Waals surface area (Å²) in [6, 6.07) is 10.8. The van der Waals surface area contributed by atoms with E-state index in [4.69, 9.17) is 9.84 Å². The average Bonchev–Trinajstić information content (AvgIpc) is 2.52. The molecule has 23 heavy (non-hydrogen) atoms. The number of hydrogen-bond donors (Lipinski definition) is 2. The Kier molecular flexibility index (Phi) is 5.30. The SMILES string of the molecule is CCc1ccc(Oc2cc(F)cc(C(=O)NCC(=O)O)c2)cc1. The summed E-state index contributed by atoms with van der Waals surface area (Å²) in [5.74, 6) is -1.83. The van der Waals surface area contributed by atoms with Crippen molar-refractivity contribution in [2.24, 2.45) is 0 Å². The molecule has 0 saturated heterocycles. The maximum absolute atomic E-state index is 13.6. The molecular formula is C17H16FNO4. The van der Waals surface area contributed by atoms with Gasteiger partial charge >= 0.3 is 5.97 Å². The Balaban J connectivity index is 2.15. The van der Waals surface area contributed by atoms with Gasteiger partial charge in [0.15, 0.2) is 0 Å². The molecule has 0 bridgehead atoms. The minimum absolute atomic E-state index is 0.00794. The number of amides is 1. The molecule has 0 saturated carbocycles. The number of halogens is 1. The molecule has 2 aromatic carbocycles. The van der Waals surface area contributed by atoms with Crippen LogP contribution in [0.5, 0.6) is 11.5 Å². The Hall–Kier alpha value is -2.89. The Morgan fingerprint density at radius 2 is 1.83 bits per heavy atom. The smallest absolute Gasteiger partial charge is 0.322 e. The number of benzene rings is 2. The van der Waals surface area contributed by atoms with E-state index in [2.05, 4.69) is 5.32 Å². The van der Waals surface area contributed by atoms with Crippen molar-refractivity contribution < 1.29 is 23.8 Å². The third-order valence-electron chi connectivity index (χ3n) is 3.10. The summed E-state index contributed by atoms with van der Waals surface area (Å²) in [5.41, 5.74) is 1.14. The zero-order valence-electron chi connectivity index (χ0n) is 12.5. The monoisotopic (exact) mass is 317 g/mol. The fourth-order valence-corrected chi connectivity index (χ4v) is 1.94. The van der Waals surface area contributed by atoms with Crippen LogP contribution >= 0.6 is 0 Å². The lowest BCUT2D eigenvalue weighted by Gasteiger charge is -2.09. The topological polar surface area (TPSA) is 75.6 Å². The molecule has 0 aliphatic rings. The summed E-state index contributed by atoms with van der Waals surface area (Å²) in [6.45, 7) is 1.49. The third kappa shape index (κ3) is 4.81. The van der Waals surface area contributed by atoms with Gasteiger partial charge in [0.2, 0.25) is 0 Å². The van der Waals surface area contributed by atoms with Gasteiger partial charge in [-0.15, -0.1) is 0 Å². The number of aryl methyl sites for hydroxylation is 1. The molecule has 2 rings (SSSR count). The Morgan fingerprint density at radius 3 is 2.43 bits per heavy atom. The molecule has 5 nitrogen and oxygen atoms in total. The zero-order valence-corrected chi connectivity index (χ0v) is 12.5. The molecule has 0 unspecified atom stereocenters. The minimum atomic E-state index is -1.18. The van der Waals surface area contributed by atoms with E-state index in [1.807, 2.05) is 19.1 Å². The molecule has 0 fully saturated rings. The minimum Gasteiger partial charge on any atom is -0.480 e. The van der Waals surface area contributed by atoms with Gasteiger partial charge < -0.3 is 15.2 Å². The second-order valence-electron chi connectivity index (χ2n) is 4.85. The van der Waals surface area contributed by atoms with Gasteiger partial charge in [-0.05, 0) is 36.2 Å². The van der Waals surface area contributed by atoms with E-state index in [1.165, 1.54) is 6.07 Å². The highest BCUT2D eigenvalue weighted by molar-refractivity contribution is 5.96. The van der Waals surface area contributed by atoms with Crippen molar-refractivity contribution in [2.45, 2.75) is 13.3 Å². The summed E-state index contributed by atoms with van der Waals surface area (Å²) in [6.07, 6.45) is 0.897. The van der Waals surface area contributed by atoms with Crippen LogP contribution in [0.15, 0.2) is 42.5 Å². The summed E-state index contributed by atoms with van der Waals surface area (Å²) < 4.78 is 19.2. The van der Waals surface area contributed by atoms with Crippen LogP contribution in [0.4, 0.5) is 4.39 Å². The van der Waals surface area contributed by atoms with Crippen molar-refractivity contribution in [1.29, 1.82) is 0 Å². The molecule has 2 aromatic rings. The Morgan fingerprint density at radius 1 is 1.13 bits per heavy atom. The van der Waals surface area contributed by atoms with Crippen LogP contribution in [-0.4, -0.2) is 23.5 Å². The van der Waals surface area contributed by atoms with Gasteiger partial charge in [0.1, 0.15) is 23.9 Å². The lowest BCUT2D eigenvalue weighted by molar-refractivity contribution is -0.135. The van der Waals surface area contributed by atoms with Gasteiger partial charge in [0.25, 0.3) is 5.91 Å². The fourth-order valence-electron chi connectivity index (χ4n) is 1.94. The number of rotatable bonds is 6. The van der Waals surface area contributed by atoms with E-state index in [1.54, 1.807) is 12.1 Å².